The van der Waals surface area contributed by atoms with Gasteiger partial charge in [0.15, 0.2) is 0 Å². The Morgan fingerprint density at radius 1 is 1.47 bits per heavy atom. The van der Waals surface area contributed by atoms with E-state index in [0.29, 0.717) is 11.9 Å². The molecule has 1 rings (SSSR count). The van der Waals surface area contributed by atoms with Crippen LogP contribution in [-0.2, 0) is 14.4 Å². The summed E-state index contributed by atoms with van der Waals surface area (Å²) < 4.78 is 0. The highest BCUT2D eigenvalue weighted by molar-refractivity contribution is 5.87. The van der Waals surface area contributed by atoms with Gasteiger partial charge in [-0.2, -0.15) is 0 Å². The molecule has 1 aliphatic rings. The predicted molar refractivity (Wildman–Crippen MR) is 43.8 cm³/mol. The van der Waals surface area contributed by atoms with E-state index in [2.05, 4.69) is 5.32 Å². The van der Waals surface area contributed by atoms with Crippen LogP contribution in [-0.4, -0.2) is 24.3 Å². The first kappa shape index (κ1) is 11.0. The largest absolute Gasteiger partial charge is 0.548 e. The quantitative estimate of drug-likeness (QED) is 0.388. The predicted octanol–water partition coefficient (Wildman–Crippen LogP) is -3.14. The van der Waals surface area contributed by atoms with E-state index in [9.17, 15) is 24.6 Å². The van der Waals surface area contributed by atoms with Crippen molar-refractivity contribution in [2.24, 2.45) is 0 Å². The fourth-order valence-electron chi connectivity index (χ4n) is 1.22. The average molecular weight is 209 g/mol. The molecule has 0 radical (unpaired) electrons. The molecule has 15 heavy (non-hydrogen) atoms. The van der Waals surface area contributed by atoms with Crippen molar-refractivity contribution in [2.45, 2.75) is 12.5 Å². The van der Waals surface area contributed by atoms with Crippen molar-refractivity contribution in [3.63, 3.8) is 0 Å². The van der Waals surface area contributed by atoms with Gasteiger partial charge in [-0.05, 0) is 24.1 Å². The number of carbonyl (C=O) groups is 3. The summed E-state index contributed by atoms with van der Waals surface area (Å²) in [4.78, 5) is 31.2. The minimum Gasteiger partial charge on any atom is -0.548 e. The third-order valence-electron chi connectivity index (χ3n) is 1.89. The van der Waals surface area contributed by atoms with Crippen LogP contribution in [0.1, 0.15) is 6.42 Å². The molecule has 1 atom stereocenters. The zero-order valence-electron chi connectivity index (χ0n) is 7.56. The summed E-state index contributed by atoms with van der Waals surface area (Å²) in [5.74, 6) is -2.96. The Bertz CT molecular complexity index is 369. The molecule has 0 fully saturated rings. The molecule has 6 heteroatoms. The fourth-order valence-corrected chi connectivity index (χ4v) is 1.22. The van der Waals surface area contributed by atoms with Gasteiger partial charge in [0.1, 0.15) is 6.29 Å². The maximum Gasteiger partial charge on any atom is 0.143 e. The standard InChI is InChI=1S/C9H9NO5/c11-2-1-5-3-6(8(12)13)10-7(4-5)9(14)15/h1-3,7,10H,4H2,(H,12,13)(H,14,15)/p-2/b5-1-/t7-/m0/s1. The number of rotatable bonds is 3. The molecule has 0 bridgehead atoms. The molecular formula is C9H7NO5-2. The highest BCUT2D eigenvalue weighted by Gasteiger charge is 2.18. The highest BCUT2D eigenvalue weighted by atomic mass is 16.4. The van der Waals surface area contributed by atoms with E-state index < -0.39 is 18.0 Å². The molecule has 0 spiro atoms. The van der Waals surface area contributed by atoms with Crippen LogP contribution in [0.2, 0.25) is 0 Å². The maximum absolute atomic E-state index is 10.5. The average Bonchev–Trinajstić information content (AvgIpc) is 2.17. The van der Waals surface area contributed by atoms with Gasteiger partial charge in [0.2, 0.25) is 0 Å². The second-order valence-corrected chi connectivity index (χ2v) is 2.94. The van der Waals surface area contributed by atoms with Crippen molar-refractivity contribution < 1.29 is 24.6 Å². The summed E-state index contributed by atoms with van der Waals surface area (Å²) in [6.45, 7) is 0. The Balaban J connectivity index is 2.99. The SMILES string of the molecule is O=C/C=C1/C=C(C(=O)[O-])N[C@H](C(=O)[O-])C1. The molecule has 0 saturated heterocycles. The van der Waals surface area contributed by atoms with Gasteiger partial charge in [-0.15, -0.1) is 0 Å². The van der Waals surface area contributed by atoms with Gasteiger partial charge in [0, 0.05) is 0 Å². The lowest BCUT2D eigenvalue weighted by Gasteiger charge is -2.27. The molecule has 0 aromatic rings. The Morgan fingerprint density at radius 2 is 2.13 bits per heavy atom. The van der Waals surface area contributed by atoms with Crippen LogP contribution in [0.25, 0.3) is 0 Å². The third-order valence-corrected chi connectivity index (χ3v) is 1.89. The van der Waals surface area contributed by atoms with Crippen LogP contribution in [0.4, 0.5) is 0 Å². The molecule has 0 amide bonds. The van der Waals surface area contributed by atoms with Gasteiger partial charge in [0.05, 0.1) is 23.7 Å². The molecule has 0 saturated carbocycles. The number of aldehydes is 1. The summed E-state index contributed by atoms with van der Waals surface area (Å²) >= 11 is 0. The summed E-state index contributed by atoms with van der Waals surface area (Å²) in [6, 6.07) is -1.16. The van der Waals surface area contributed by atoms with Crippen molar-refractivity contribution in [3.05, 3.63) is 23.4 Å². The van der Waals surface area contributed by atoms with Gasteiger partial charge < -0.3 is 25.1 Å². The maximum atomic E-state index is 10.5. The van der Waals surface area contributed by atoms with Gasteiger partial charge >= 0.3 is 0 Å². The van der Waals surface area contributed by atoms with Crippen LogP contribution in [0.3, 0.4) is 0 Å². The zero-order valence-corrected chi connectivity index (χ0v) is 7.56. The Labute approximate surface area is 84.9 Å². The molecule has 0 unspecified atom stereocenters. The molecule has 1 aliphatic heterocycles. The minimum atomic E-state index is -1.53. The van der Waals surface area contributed by atoms with Crippen LogP contribution in [0.15, 0.2) is 23.4 Å². The molecular weight excluding hydrogens is 202 g/mol. The molecule has 80 valence electrons. The Kier molecular flexibility index (Phi) is 3.22. The molecule has 1 heterocycles. The number of aliphatic carboxylic acids is 2. The highest BCUT2D eigenvalue weighted by Crippen LogP contribution is 2.15. The van der Waals surface area contributed by atoms with Gasteiger partial charge in [-0.25, -0.2) is 0 Å². The molecule has 1 N–H and O–H groups in total. The van der Waals surface area contributed by atoms with Gasteiger partial charge in [0.25, 0.3) is 0 Å². The van der Waals surface area contributed by atoms with Crippen molar-refractivity contribution in [1.82, 2.24) is 5.32 Å². The second kappa shape index (κ2) is 4.41. The van der Waals surface area contributed by atoms with Crippen molar-refractivity contribution in [3.8, 4) is 0 Å². The van der Waals surface area contributed by atoms with E-state index in [1.807, 2.05) is 0 Å². The molecule has 6 nitrogen and oxygen atoms in total. The minimum absolute atomic E-state index is 0.00213. The summed E-state index contributed by atoms with van der Waals surface area (Å²) in [6.07, 6.45) is 2.71. The van der Waals surface area contributed by atoms with E-state index in [1.165, 1.54) is 0 Å². The number of hydrogen-bond donors (Lipinski definition) is 1. The van der Waals surface area contributed by atoms with E-state index in [4.69, 9.17) is 0 Å². The number of carboxylic acids is 2. The monoisotopic (exact) mass is 209 g/mol. The Morgan fingerprint density at radius 3 is 2.60 bits per heavy atom. The number of allylic oxidation sites excluding steroid dienone is 2. The van der Waals surface area contributed by atoms with E-state index in [0.717, 1.165) is 12.2 Å². The molecule has 0 aromatic heterocycles. The Hall–Kier alpha value is -2.11. The number of hydrogen-bond acceptors (Lipinski definition) is 6. The summed E-state index contributed by atoms with van der Waals surface area (Å²) in [5, 5.41) is 23.3. The van der Waals surface area contributed by atoms with Crippen LogP contribution in [0, 0.1) is 0 Å². The second-order valence-electron chi connectivity index (χ2n) is 2.94. The lowest BCUT2D eigenvalue weighted by molar-refractivity contribution is -0.308. The third kappa shape index (κ3) is 2.67. The first-order valence-electron chi connectivity index (χ1n) is 4.09. The zero-order chi connectivity index (χ0) is 11.4. The lowest BCUT2D eigenvalue weighted by atomic mass is 10.0. The summed E-state index contributed by atoms with van der Waals surface area (Å²) in [5.41, 5.74) is -0.0688. The topological polar surface area (TPSA) is 109 Å². The lowest BCUT2D eigenvalue weighted by Crippen LogP contribution is -2.49. The van der Waals surface area contributed by atoms with Gasteiger partial charge in [-0.3, -0.25) is 4.79 Å². The van der Waals surface area contributed by atoms with Crippen LogP contribution >= 0.6 is 0 Å². The molecule has 0 aliphatic carbocycles. The first-order valence-corrected chi connectivity index (χ1v) is 4.09. The fraction of sp³-hybridized carbons (Fsp3) is 0.222. The number of carboxylic acid groups (broad SMARTS) is 2. The van der Waals surface area contributed by atoms with E-state index >= 15 is 0 Å². The molecule has 0 aromatic carbocycles. The first-order chi connectivity index (χ1) is 7.04. The van der Waals surface area contributed by atoms with E-state index in [1.54, 1.807) is 0 Å². The van der Waals surface area contributed by atoms with Crippen molar-refractivity contribution in [1.29, 1.82) is 0 Å². The smallest absolute Gasteiger partial charge is 0.143 e. The van der Waals surface area contributed by atoms with Crippen molar-refractivity contribution >= 4 is 18.2 Å². The van der Waals surface area contributed by atoms with Crippen LogP contribution < -0.4 is 15.5 Å². The number of nitrogens with one attached hydrogen (secondary N) is 1. The van der Waals surface area contributed by atoms with E-state index in [-0.39, 0.29) is 12.1 Å². The normalized spacial score (nSPS) is 22.8. The summed E-state index contributed by atoms with van der Waals surface area (Å²) in [7, 11) is 0. The number of carbonyl (C=O) groups excluding carboxylic acids is 3. The van der Waals surface area contributed by atoms with Crippen LogP contribution in [0.5, 0.6) is 0 Å². The van der Waals surface area contributed by atoms with Gasteiger partial charge in [-0.1, -0.05) is 0 Å². The van der Waals surface area contributed by atoms with Crippen molar-refractivity contribution in [2.75, 3.05) is 0 Å².